The average molecular weight is 294 g/mol. The number of carbonyl (C=O) groups excluding carboxylic acids is 1. The molecule has 0 bridgehead atoms. The number of hydrogen-bond acceptors (Lipinski definition) is 5. The number of rotatable bonds is 3. The third kappa shape index (κ3) is 2.85. The third-order valence-corrected chi connectivity index (χ3v) is 5.68. The first-order valence-corrected chi connectivity index (χ1v) is 8.53. The number of thioether (sulfide) groups is 1. The van der Waals surface area contributed by atoms with Gasteiger partial charge in [0.25, 0.3) is 0 Å². The van der Waals surface area contributed by atoms with Crippen LogP contribution in [0.2, 0.25) is 0 Å². The Kier molecular flexibility index (Phi) is 4.29. The van der Waals surface area contributed by atoms with Crippen LogP contribution >= 0.6 is 11.8 Å². The van der Waals surface area contributed by atoms with Crippen molar-refractivity contribution in [1.29, 1.82) is 0 Å². The zero-order valence-electron chi connectivity index (χ0n) is 11.8. The molecule has 2 aliphatic carbocycles. The van der Waals surface area contributed by atoms with Gasteiger partial charge in [-0.15, -0.1) is 10.2 Å². The van der Waals surface area contributed by atoms with Crippen LogP contribution < -0.4 is 5.84 Å². The summed E-state index contributed by atoms with van der Waals surface area (Å²) in [6.45, 7) is 0. The summed E-state index contributed by atoms with van der Waals surface area (Å²) in [5.74, 6) is 7.83. The smallest absolute Gasteiger partial charge is 0.210 e. The van der Waals surface area contributed by atoms with Crippen molar-refractivity contribution in [3.63, 3.8) is 0 Å². The van der Waals surface area contributed by atoms with E-state index in [2.05, 4.69) is 10.2 Å². The minimum atomic E-state index is 0.0226. The average Bonchev–Trinajstić information content (AvgIpc) is 2.84. The molecule has 0 saturated heterocycles. The lowest BCUT2D eigenvalue weighted by atomic mass is 9.89. The highest BCUT2D eigenvalue weighted by atomic mass is 32.2. The largest absolute Gasteiger partial charge is 0.336 e. The first kappa shape index (κ1) is 13.9. The van der Waals surface area contributed by atoms with Crippen LogP contribution in [-0.4, -0.2) is 25.9 Å². The second kappa shape index (κ2) is 6.16. The van der Waals surface area contributed by atoms with Crippen molar-refractivity contribution in [3.05, 3.63) is 5.82 Å². The maximum atomic E-state index is 11.9. The van der Waals surface area contributed by atoms with E-state index in [1.54, 1.807) is 4.68 Å². The molecule has 2 fully saturated rings. The van der Waals surface area contributed by atoms with Gasteiger partial charge in [-0.05, 0) is 25.7 Å². The number of nitrogens with zero attached hydrogens (tertiary/aromatic N) is 3. The fourth-order valence-corrected chi connectivity index (χ4v) is 4.29. The van der Waals surface area contributed by atoms with Gasteiger partial charge in [-0.2, -0.15) is 0 Å². The highest BCUT2D eigenvalue weighted by Gasteiger charge is 2.27. The first-order valence-electron chi connectivity index (χ1n) is 7.65. The summed E-state index contributed by atoms with van der Waals surface area (Å²) in [7, 11) is 0. The summed E-state index contributed by atoms with van der Waals surface area (Å²) >= 11 is 1.50. The predicted octanol–water partition coefficient (Wildman–Crippen LogP) is 2.64. The minimum Gasteiger partial charge on any atom is -0.336 e. The molecule has 0 aromatic carbocycles. The Labute approximate surface area is 123 Å². The quantitative estimate of drug-likeness (QED) is 0.867. The van der Waals surface area contributed by atoms with Gasteiger partial charge >= 0.3 is 0 Å². The Bertz CT molecular complexity index is 482. The number of hydrogen-bond donors (Lipinski definition) is 1. The van der Waals surface area contributed by atoms with Gasteiger partial charge < -0.3 is 5.84 Å². The minimum absolute atomic E-state index is 0.0226. The molecule has 2 aliphatic rings. The van der Waals surface area contributed by atoms with Crippen molar-refractivity contribution in [1.82, 2.24) is 14.9 Å². The molecule has 0 aliphatic heterocycles. The van der Waals surface area contributed by atoms with E-state index in [-0.39, 0.29) is 5.25 Å². The fourth-order valence-electron chi connectivity index (χ4n) is 3.21. The number of carbonyl (C=O) groups is 1. The molecule has 1 heterocycles. The maximum Gasteiger partial charge on any atom is 0.210 e. The Morgan fingerprint density at radius 2 is 1.80 bits per heavy atom. The van der Waals surface area contributed by atoms with Crippen LogP contribution in [0.4, 0.5) is 0 Å². The van der Waals surface area contributed by atoms with Crippen molar-refractivity contribution in [2.24, 2.45) is 0 Å². The van der Waals surface area contributed by atoms with Gasteiger partial charge in [0.05, 0.1) is 5.25 Å². The first-order chi connectivity index (χ1) is 9.75. The van der Waals surface area contributed by atoms with Gasteiger partial charge in [-0.3, -0.25) is 4.79 Å². The normalized spacial score (nSPS) is 25.0. The van der Waals surface area contributed by atoms with Crippen molar-refractivity contribution in [2.45, 2.75) is 74.1 Å². The highest BCUT2D eigenvalue weighted by Crippen LogP contribution is 2.34. The lowest BCUT2D eigenvalue weighted by Gasteiger charge is -2.21. The number of nitrogen functional groups attached to an aromatic ring is 1. The molecule has 2 N–H and O–H groups in total. The summed E-state index contributed by atoms with van der Waals surface area (Å²) < 4.78 is 1.63. The van der Waals surface area contributed by atoms with Gasteiger partial charge in [0.15, 0.2) is 5.82 Å². The predicted molar refractivity (Wildman–Crippen MR) is 79.1 cm³/mol. The summed E-state index contributed by atoms with van der Waals surface area (Å²) in [5.41, 5.74) is 0. The van der Waals surface area contributed by atoms with E-state index in [1.807, 2.05) is 0 Å². The molecule has 6 heteroatoms. The maximum absolute atomic E-state index is 11.9. The molecule has 5 nitrogen and oxygen atoms in total. The lowest BCUT2D eigenvalue weighted by Crippen LogP contribution is -2.23. The van der Waals surface area contributed by atoms with Crippen LogP contribution in [-0.2, 0) is 4.79 Å². The summed E-state index contributed by atoms with van der Waals surface area (Å²) in [4.78, 5) is 11.9. The van der Waals surface area contributed by atoms with Gasteiger partial charge in [0.2, 0.25) is 5.16 Å². The van der Waals surface area contributed by atoms with E-state index in [4.69, 9.17) is 5.84 Å². The van der Waals surface area contributed by atoms with E-state index < -0.39 is 0 Å². The van der Waals surface area contributed by atoms with Crippen LogP contribution in [0.1, 0.15) is 69.5 Å². The monoisotopic (exact) mass is 294 g/mol. The second-order valence-corrected chi connectivity index (χ2v) is 7.03. The molecular weight excluding hydrogens is 272 g/mol. The highest BCUT2D eigenvalue weighted by molar-refractivity contribution is 8.00. The van der Waals surface area contributed by atoms with Gasteiger partial charge in [0, 0.05) is 12.3 Å². The summed E-state index contributed by atoms with van der Waals surface area (Å²) in [6.07, 6.45) is 9.91. The van der Waals surface area contributed by atoms with E-state index in [0.29, 0.717) is 23.3 Å². The molecule has 1 unspecified atom stereocenters. The van der Waals surface area contributed by atoms with Crippen LogP contribution in [0.3, 0.4) is 0 Å². The van der Waals surface area contributed by atoms with Gasteiger partial charge in [-0.1, -0.05) is 37.4 Å². The molecule has 0 radical (unpaired) electrons. The van der Waals surface area contributed by atoms with Gasteiger partial charge in [-0.25, -0.2) is 4.68 Å². The van der Waals surface area contributed by atoms with E-state index in [0.717, 1.165) is 37.9 Å². The number of nitrogens with two attached hydrogens (primary N) is 1. The Hall–Kier alpha value is -1.04. The van der Waals surface area contributed by atoms with E-state index in [1.165, 1.54) is 31.0 Å². The molecular formula is C14H22N4OS. The van der Waals surface area contributed by atoms with Crippen LogP contribution in [0.5, 0.6) is 0 Å². The van der Waals surface area contributed by atoms with Crippen molar-refractivity contribution >= 4 is 17.5 Å². The molecule has 0 amide bonds. The van der Waals surface area contributed by atoms with Crippen molar-refractivity contribution in [3.8, 4) is 0 Å². The summed E-state index contributed by atoms with van der Waals surface area (Å²) in [5, 5.41) is 9.23. The fraction of sp³-hybridized carbons (Fsp3) is 0.786. The molecule has 1 aromatic rings. The molecule has 1 aromatic heterocycles. The number of ketones is 1. The lowest BCUT2D eigenvalue weighted by molar-refractivity contribution is -0.119. The van der Waals surface area contributed by atoms with Gasteiger partial charge in [0.1, 0.15) is 5.78 Å². The molecule has 2 saturated carbocycles. The van der Waals surface area contributed by atoms with Crippen LogP contribution in [0.25, 0.3) is 0 Å². The SMILES string of the molecule is Nn1c(SC2CCCCC2=O)nnc1C1CCCCC1. The summed E-state index contributed by atoms with van der Waals surface area (Å²) in [6, 6.07) is 0. The van der Waals surface area contributed by atoms with Crippen LogP contribution in [0.15, 0.2) is 5.16 Å². The van der Waals surface area contributed by atoms with Crippen molar-refractivity contribution in [2.75, 3.05) is 5.84 Å². The second-order valence-electron chi connectivity index (χ2n) is 5.86. The third-order valence-electron chi connectivity index (χ3n) is 4.41. The molecule has 0 spiro atoms. The van der Waals surface area contributed by atoms with E-state index in [9.17, 15) is 4.79 Å². The van der Waals surface area contributed by atoms with Crippen molar-refractivity contribution < 1.29 is 4.79 Å². The zero-order chi connectivity index (χ0) is 13.9. The van der Waals surface area contributed by atoms with E-state index >= 15 is 0 Å². The standard InChI is InChI=1S/C14H22N4OS/c15-18-13(10-6-2-1-3-7-10)16-17-14(18)20-12-9-5-4-8-11(12)19/h10,12H,1-9,15H2. The Morgan fingerprint density at radius 3 is 2.55 bits per heavy atom. The molecule has 3 rings (SSSR count). The molecule has 1 atom stereocenters. The Balaban J connectivity index is 1.71. The number of Topliss-reactive ketones (excluding diaryl/α,β-unsaturated/α-hetero) is 1. The molecule has 20 heavy (non-hydrogen) atoms. The number of aromatic nitrogens is 3. The van der Waals surface area contributed by atoms with Crippen LogP contribution in [0, 0.1) is 0 Å². The Morgan fingerprint density at radius 1 is 1.05 bits per heavy atom. The zero-order valence-corrected chi connectivity index (χ0v) is 12.6. The topological polar surface area (TPSA) is 73.8 Å². The molecule has 110 valence electrons.